The number of sulfonamides is 1. The number of ketones is 1. The Kier molecular flexibility index (Phi) is 7.21. The van der Waals surface area contributed by atoms with Gasteiger partial charge in [-0.05, 0) is 43.7 Å². The molecule has 0 aromatic heterocycles. The van der Waals surface area contributed by atoms with E-state index in [-0.39, 0.29) is 29.6 Å². The van der Waals surface area contributed by atoms with Crippen molar-refractivity contribution in [1.82, 2.24) is 9.62 Å². The maximum atomic E-state index is 13.4. The molecule has 0 aliphatic heterocycles. The molecule has 0 spiro atoms. The number of carbonyl (C=O) groups excluding carboxylic acids is 2. The van der Waals surface area contributed by atoms with Gasteiger partial charge in [-0.25, -0.2) is 21.9 Å². The third-order valence-electron chi connectivity index (χ3n) is 4.60. The van der Waals surface area contributed by atoms with Crippen molar-refractivity contribution in [3.8, 4) is 0 Å². The average molecular weight is 424 g/mol. The Hall–Kier alpha value is -2.65. The lowest BCUT2D eigenvalue weighted by Gasteiger charge is -2.25. The first-order chi connectivity index (χ1) is 13.5. The van der Waals surface area contributed by atoms with Gasteiger partial charge in [0.05, 0.1) is 10.9 Å². The maximum Gasteiger partial charge on any atom is 0.240 e. The second kappa shape index (κ2) is 9.23. The van der Waals surface area contributed by atoms with Crippen molar-refractivity contribution < 1.29 is 26.8 Å². The van der Waals surface area contributed by atoms with Crippen LogP contribution < -0.4 is 4.72 Å². The molecule has 29 heavy (non-hydrogen) atoms. The quantitative estimate of drug-likeness (QED) is 0.661. The van der Waals surface area contributed by atoms with E-state index in [0.717, 1.165) is 12.1 Å². The van der Waals surface area contributed by atoms with Crippen LogP contribution in [0.25, 0.3) is 0 Å². The van der Waals surface area contributed by atoms with E-state index >= 15 is 0 Å². The molecule has 2 aromatic rings. The van der Waals surface area contributed by atoms with Gasteiger partial charge in [0.2, 0.25) is 15.9 Å². The lowest BCUT2D eigenvalue weighted by Crippen LogP contribution is -2.33. The normalized spacial score (nSPS) is 12.4. The summed E-state index contributed by atoms with van der Waals surface area (Å²) in [6.07, 6.45) is -0.116. The molecule has 0 unspecified atom stereocenters. The zero-order valence-electron chi connectivity index (χ0n) is 16.3. The molecule has 2 aromatic carbocycles. The number of Topliss-reactive ketones (excluding diaryl/α,β-unsaturated/α-hetero) is 1. The van der Waals surface area contributed by atoms with Crippen LogP contribution in [0.1, 0.15) is 42.2 Å². The van der Waals surface area contributed by atoms with Crippen LogP contribution in [0.4, 0.5) is 8.78 Å². The van der Waals surface area contributed by atoms with E-state index < -0.39 is 27.7 Å². The highest BCUT2D eigenvalue weighted by molar-refractivity contribution is 7.89. The molecular formula is C20H22F2N2O4S. The largest absolute Gasteiger partial charge is 0.339 e. The summed E-state index contributed by atoms with van der Waals surface area (Å²) in [5.41, 5.74) is 0.817. The van der Waals surface area contributed by atoms with Gasteiger partial charge in [0.25, 0.3) is 0 Å². The highest BCUT2D eigenvalue weighted by atomic mass is 32.2. The SMILES string of the molecule is CC(=O)c1ccc(S(=O)(=O)NCCC(=O)N(C)[C@H](C)c2ccc(F)c(F)c2)cc1. The van der Waals surface area contributed by atoms with Crippen molar-refractivity contribution in [2.75, 3.05) is 13.6 Å². The topological polar surface area (TPSA) is 83.5 Å². The van der Waals surface area contributed by atoms with Crippen molar-refractivity contribution in [3.63, 3.8) is 0 Å². The second-order valence-corrected chi connectivity index (χ2v) is 8.35. The number of carbonyl (C=O) groups is 2. The van der Waals surface area contributed by atoms with Gasteiger partial charge >= 0.3 is 0 Å². The fraction of sp³-hybridized carbons (Fsp3) is 0.300. The van der Waals surface area contributed by atoms with Crippen LogP contribution in [0, 0.1) is 11.6 Å². The molecule has 0 aliphatic rings. The maximum absolute atomic E-state index is 13.4. The highest BCUT2D eigenvalue weighted by Gasteiger charge is 2.20. The molecule has 0 saturated heterocycles. The predicted molar refractivity (Wildman–Crippen MR) is 104 cm³/mol. The molecule has 1 atom stereocenters. The van der Waals surface area contributed by atoms with Crippen LogP contribution >= 0.6 is 0 Å². The number of hydrogen-bond donors (Lipinski definition) is 1. The van der Waals surface area contributed by atoms with Crippen molar-refractivity contribution >= 4 is 21.7 Å². The third kappa shape index (κ3) is 5.68. The van der Waals surface area contributed by atoms with Gasteiger partial charge in [-0.2, -0.15) is 0 Å². The average Bonchev–Trinajstić information content (AvgIpc) is 2.68. The summed E-state index contributed by atoms with van der Waals surface area (Å²) >= 11 is 0. The lowest BCUT2D eigenvalue weighted by atomic mass is 10.1. The molecule has 0 fully saturated rings. The first-order valence-electron chi connectivity index (χ1n) is 8.84. The van der Waals surface area contributed by atoms with Crippen LogP contribution in [0.15, 0.2) is 47.4 Å². The molecular weight excluding hydrogens is 402 g/mol. The van der Waals surface area contributed by atoms with Gasteiger partial charge in [0.1, 0.15) is 0 Å². The highest BCUT2D eigenvalue weighted by Crippen LogP contribution is 2.21. The summed E-state index contributed by atoms with van der Waals surface area (Å²) in [6.45, 7) is 2.90. The molecule has 9 heteroatoms. The number of hydrogen-bond acceptors (Lipinski definition) is 4. The number of rotatable bonds is 8. The molecule has 1 amide bonds. The van der Waals surface area contributed by atoms with Gasteiger partial charge < -0.3 is 4.90 Å². The van der Waals surface area contributed by atoms with Crippen molar-refractivity contribution in [3.05, 3.63) is 65.2 Å². The Balaban J connectivity index is 1.95. The molecule has 0 radical (unpaired) electrons. The van der Waals surface area contributed by atoms with E-state index in [1.165, 1.54) is 49.2 Å². The van der Waals surface area contributed by atoms with Crippen LogP contribution in [0.2, 0.25) is 0 Å². The van der Waals surface area contributed by atoms with Crippen LogP contribution in [0.3, 0.4) is 0 Å². The number of benzene rings is 2. The first-order valence-corrected chi connectivity index (χ1v) is 10.3. The van der Waals surface area contributed by atoms with E-state index in [9.17, 15) is 26.8 Å². The van der Waals surface area contributed by atoms with E-state index in [1.54, 1.807) is 6.92 Å². The van der Waals surface area contributed by atoms with Crippen LogP contribution in [-0.2, 0) is 14.8 Å². The summed E-state index contributed by atoms with van der Waals surface area (Å²) in [5.74, 6) is -2.51. The lowest BCUT2D eigenvalue weighted by molar-refractivity contribution is -0.131. The van der Waals surface area contributed by atoms with E-state index in [4.69, 9.17) is 0 Å². The van der Waals surface area contributed by atoms with Crippen molar-refractivity contribution in [1.29, 1.82) is 0 Å². The number of nitrogens with zero attached hydrogens (tertiary/aromatic N) is 1. The molecule has 0 aliphatic carbocycles. The Labute approximate surface area is 168 Å². The second-order valence-electron chi connectivity index (χ2n) is 6.58. The zero-order chi connectivity index (χ0) is 21.8. The van der Waals surface area contributed by atoms with Gasteiger partial charge in [-0.15, -0.1) is 0 Å². The summed E-state index contributed by atoms with van der Waals surface area (Å²) in [5, 5.41) is 0. The van der Waals surface area contributed by atoms with Crippen LogP contribution in [-0.4, -0.2) is 38.6 Å². The molecule has 6 nitrogen and oxygen atoms in total. The summed E-state index contributed by atoms with van der Waals surface area (Å²) in [4.78, 5) is 24.9. The fourth-order valence-electron chi connectivity index (χ4n) is 2.63. The monoisotopic (exact) mass is 424 g/mol. The standard InChI is InChI=1S/C20H22F2N2O4S/c1-13(16-6-9-18(21)19(22)12-16)24(3)20(26)10-11-23-29(27,28)17-7-4-15(5-8-17)14(2)25/h4-9,12-13,23H,10-11H2,1-3H3/t13-/m1/s1. The number of halogens is 2. The smallest absolute Gasteiger partial charge is 0.240 e. The van der Waals surface area contributed by atoms with Gasteiger partial charge in [-0.1, -0.05) is 18.2 Å². The predicted octanol–water partition coefficient (Wildman–Crippen LogP) is 3.06. The van der Waals surface area contributed by atoms with Crippen molar-refractivity contribution in [2.24, 2.45) is 0 Å². The van der Waals surface area contributed by atoms with Crippen LogP contribution in [0.5, 0.6) is 0 Å². The van der Waals surface area contributed by atoms with Gasteiger partial charge in [0, 0.05) is 25.6 Å². The summed E-state index contributed by atoms with van der Waals surface area (Å²) < 4.78 is 53.4. The molecule has 156 valence electrons. The zero-order valence-corrected chi connectivity index (χ0v) is 17.1. The minimum atomic E-state index is -3.83. The van der Waals surface area contributed by atoms with E-state index in [2.05, 4.69) is 4.72 Å². The summed E-state index contributed by atoms with van der Waals surface area (Å²) in [6, 6.07) is 8.35. The van der Waals surface area contributed by atoms with Gasteiger partial charge in [0.15, 0.2) is 17.4 Å². The molecule has 1 N–H and O–H groups in total. The van der Waals surface area contributed by atoms with E-state index in [0.29, 0.717) is 11.1 Å². The Morgan fingerprint density at radius 1 is 1.07 bits per heavy atom. The molecule has 0 saturated carbocycles. The minimum Gasteiger partial charge on any atom is -0.339 e. The van der Waals surface area contributed by atoms with Crippen molar-refractivity contribution in [2.45, 2.75) is 31.2 Å². The Bertz CT molecular complexity index is 1010. The third-order valence-corrected chi connectivity index (χ3v) is 6.08. The Morgan fingerprint density at radius 3 is 2.24 bits per heavy atom. The fourth-order valence-corrected chi connectivity index (χ4v) is 3.66. The molecule has 0 bridgehead atoms. The number of amides is 1. The minimum absolute atomic E-state index is 0.0153. The Morgan fingerprint density at radius 2 is 1.69 bits per heavy atom. The number of nitrogens with one attached hydrogen (secondary N) is 1. The molecule has 2 rings (SSSR count). The first kappa shape index (κ1) is 22.6. The van der Waals surface area contributed by atoms with E-state index in [1.807, 2.05) is 0 Å². The van der Waals surface area contributed by atoms with Gasteiger partial charge in [-0.3, -0.25) is 9.59 Å². The molecule has 0 heterocycles. The summed E-state index contributed by atoms with van der Waals surface area (Å²) in [7, 11) is -2.33.